The van der Waals surface area contributed by atoms with Gasteiger partial charge in [-0.3, -0.25) is 4.79 Å². The molecule has 0 saturated heterocycles. The third kappa shape index (κ3) is 3.81. The third-order valence-electron chi connectivity index (χ3n) is 5.16. The molecule has 2 aromatic carbocycles. The topological polar surface area (TPSA) is 20.3 Å². The van der Waals surface area contributed by atoms with Crippen LogP contribution in [0.1, 0.15) is 37.8 Å². The zero-order valence-corrected chi connectivity index (χ0v) is 16.1. The van der Waals surface area contributed by atoms with Crippen LogP contribution in [0, 0.1) is 29.1 Å². The first-order chi connectivity index (χ1) is 13.1. The minimum Gasteiger partial charge on any atom is -0.307 e. The second kappa shape index (κ2) is 8.39. The van der Waals surface area contributed by atoms with Crippen LogP contribution >= 0.6 is 0 Å². The molecule has 0 N–H and O–H groups in total. The summed E-state index contributed by atoms with van der Waals surface area (Å²) >= 11 is 0. The zero-order chi connectivity index (χ0) is 21.2. The molecule has 2 atom stereocenters. The lowest BCUT2D eigenvalue weighted by Gasteiger charge is -2.38. The Morgan fingerprint density at radius 3 is 1.93 bits per heavy atom. The van der Waals surface area contributed by atoms with E-state index in [1.54, 1.807) is 25.9 Å². The van der Waals surface area contributed by atoms with Gasteiger partial charge in [0.05, 0.1) is 5.41 Å². The van der Waals surface area contributed by atoms with Crippen molar-refractivity contribution in [2.24, 2.45) is 0 Å². The molecule has 0 heterocycles. The number of carbonyl (C=O) groups excluding carboxylic acids is 1. The quantitative estimate of drug-likeness (QED) is 0.483. The van der Waals surface area contributed by atoms with Gasteiger partial charge in [0.2, 0.25) is 0 Å². The monoisotopic (exact) mass is 399 g/mol. The Morgan fingerprint density at radius 1 is 1.00 bits per heavy atom. The molecule has 0 aliphatic heterocycles. The van der Waals surface area contributed by atoms with E-state index in [0.29, 0.717) is 0 Å². The van der Waals surface area contributed by atoms with Crippen LogP contribution in [0.25, 0.3) is 0 Å². The van der Waals surface area contributed by atoms with Crippen molar-refractivity contribution in [1.82, 2.24) is 4.90 Å². The van der Waals surface area contributed by atoms with Crippen molar-refractivity contribution >= 4 is 5.78 Å². The summed E-state index contributed by atoms with van der Waals surface area (Å²) in [7, 11) is 3.41. The number of benzene rings is 2. The Kier molecular flexibility index (Phi) is 6.59. The highest BCUT2D eigenvalue weighted by molar-refractivity contribution is 5.94. The van der Waals surface area contributed by atoms with Crippen LogP contribution in [0.15, 0.2) is 30.3 Å². The van der Waals surface area contributed by atoms with Gasteiger partial charge < -0.3 is 4.90 Å². The predicted octanol–water partition coefficient (Wildman–Crippen LogP) is 4.99. The van der Waals surface area contributed by atoms with Crippen LogP contribution in [0.2, 0.25) is 0 Å². The molecular formula is C21H22F5NO. The predicted molar refractivity (Wildman–Crippen MR) is 96.5 cm³/mol. The molecule has 0 amide bonds. The Bertz CT molecular complexity index is 840. The lowest BCUT2D eigenvalue weighted by molar-refractivity contribution is -0.123. The Labute approximate surface area is 161 Å². The maximum atomic E-state index is 14.8. The van der Waals surface area contributed by atoms with Crippen molar-refractivity contribution in [3.63, 3.8) is 0 Å². The number of hydrogen-bond acceptors (Lipinski definition) is 2. The van der Waals surface area contributed by atoms with Gasteiger partial charge in [0.15, 0.2) is 23.3 Å². The van der Waals surface area contributed by atoms with Gasteiger partial charge in [-0.05, 0) is 45.1 Å². The Balaban J connectivity index is 2.96. The van der Waals surface area contributed by atoms with Crippen LogP contribution in [0.4, 0.5) is 22.0 Å². The fourth-order valence-corrected chi connectivity index (χ4v) is 3.39. The fourth-order valence-electron chi connectivity index (χ4n) is 3.39. The second-order valence-electron chi connectivity index (χ2n) is 7.05. The van der Waals surface area contributed by atoms with Crippen molar-refractivity contribution < 1.29 is 26.7 Å². The number of rotatable bonds is 7. The number of halogens is 5. The SMILES string of the molecule is CCC(=O)[C@@](C[C@H](C)N(C)C)(c1ccc(F)cc1)c1c(F)c(F)cc(F)c1F. The van der Waals surface area contributed by atoms with E-state index in [9.17, 15) is 26.7 Å². The molecule has 28 heavy (non-hydrogen) atoms. The van der Waals surface area contributed by atoms with Crippen molar-refractivity contribution in [2.75, 3.05) is 14.1 Å². The lowest BCUT2D eigenvalue weighted by atomic mass is 9.66. The van der Waals surface area contributed by atoms with Crippen LogP contribution in [-0.4, -0.2) is 30.8 Å². The molecule has 0 saturated carbocycles. The molecule has 0 radical (unpaired) electrons. The molecule has 2 aromatic rings. The van der Waals surface area contributed by atoms with E-state index in [1.807, 2.05) is 0 Å². The summed E-state index contributed by atoms with van der Waals surface area (Å²) in [6.07, 6.45) is -0.302. The first-order valence-electron chi connectivity index (χ1n) is 8.85. The van der Waals surface area contributed by atoms with Crippen LogP contribution in [-0.2, 0) is 10.2 Å². The van der Waals surface area contributed by atoms with Crippen molar-refractivity contribution in [1.29, 1.82) is 0 Å². The van der Waals surface area contributed by atoms with Gasteiger partial charge in [0.25, 0.3) is 0 Å². The van der Waals surface area contributed by atoms with Crippen LogP contribution < -0.4 is 0 Å². The molecule has 0 bridgehead atoms. The molecule has 0 unspecified atom stereocenters. The molecule has 0 fully saturated rings. The Hall–Kier alpha value is -2.28. The van der Waals surface area contributed by atoms with E-state index in [1.165, 1.54) is 19.1 Å². The van der Waals surface area contributed by atoms with Crippen LogP contribution in [0.5, 0.6) is 0 Å². The van der Waals surface area contributed by atoms with Crippen LogP contribution in [0.3, 0.4) is 0 Å². The van der Waals surface area contributed by atoms with E-state index >= 15 is 0 Å². The normalized spacial score (nSPS) is 14.8. The Morgan fingerprint density at radius 2 is 1.50 bits per heavy atom. The van der Waals surface area contributed by atoms with Gasteiger partial charge in [-0.15, -0.1) is 0 Å². The summed E-state index contributed by atoms with van der Waals surface area (Å²) < 4.78 is 71.2. The lowest BCUT2D eigenvalue weighted by Crippen LogP contribution is -2.44. The molecule has 0 aliphatic rings. The van der Waals surface area contributed by atoms with Gasteiger partial charge in [-0.25, -0.2) is 22.0 Å². The van der Waals surface area contributed by atoms with Gasteiger partial charge in [-0.1, -0.05) is 19.1 Å². The van der Waals surface area contributed by atoms with Crippen molar-refractivity contribution in [3.05, 3.63) is 70.5 Å². The minimum atomic E-state index is -2.02. The van der Waals surface area contributed by atoms with Crippen molar-refractivity contribution in [3.8, 4) is 0 Å². The van der Waals surface area contributed by atoms with E-state index in [2.05, 4.69) is 0 Å². The summed E-state index contributed by atoms with van der Waals surface area (Å²) in [5.41, 5.74) is -2.95. The highest BCUT2D eigenvalue weighted by Crippen LogP contribution is 2.43. The number of carbonyl (C=O) groups is 1. The smallest absolute Gasteiger partial charge is 0.166 e. The molecule has 7 heteroatoms. The van der Waals surface area contributed by atoms with E-state index in [0.717, 1.165) is 12.1 Å². The van der Waals surface area contributed by atoms with E-state index in [4.69, 9.17) is 0 Å². The summed E-state index contributed by atoms with van der Waals surface area (Å²) in [5.74, 6) is -7.69. The number of ketones is 1. The van der Waals surface area contributed by atoms with Crippen molar-refractivity contribution in [2.45, 2.75) is 38.1 Å². The summed E-state index contributed by atoms with van der Waals surface area (Å²) in [6.45, 7) is 3.21. The van der Waals surface area contributed by atoms with Gasteiger partial charge in [0.1, 0.15) is 11.6 Å². The summed E-state index contributed by atoms with van der Waals surface area (Å²) in [5, 5.41) is 0. The average Bonchev–Trinajstić information content (AvgIpc) is 2.65. The van der Waals surface area contributed by atoms with Gasteiger partial charge >= 0.3 is 0 Å². The summed E-state index contributed by atoms with van der Waals surface area (Å²) in [6, 6.07) is 4.22. The first kappa shape index (κ1) is 22.0. The third-order valence-corrected chi connectivity index (χ3v) is 5.16. The maximum absolute atomic E-state index is 14.8. The second-order valence-corrected chi connectivity index (χ2v) is 7.05. The summed E-state index contributed by atoms with van der Waals surface area (Å²) in [4.78, 5) is 14.8. The maximum Gasteiger partial charge on any atom is 0.166 e. The standard InChI is InChI=1S/C21H22F5NO/c1-5-17(28)21(11-12(2)27(3)4,13-6-8-14(22)9-7-13)18-19(25)15(23)10-16(24)20(18)26/h6-10,12H,5,11H2,1-4H3/t12-,21+/m0/s1. The molecule has 0 aromatic heterocycles. The molecule has 2 rings (SSSR count). The largest absolute Gasteiger partial charge is 0.307 e. The number of hydrogen-bond donors (Lipinski definition) is 0. The number of Topliss-reactive ketones (excluding diaryl/α,β-unsaturated/α-hetero) is 1. The molecule has 0 aliphatic carbocycles. The van der Waals surface area contributed by atoms with E-state index < -0.39 is 51.9 Å². The number of nitrogens with zero attached hydrogens (tertiary/aromatic N) is 1. The van der Waals surface area contributed by atoms with E-state index in [-0.39, 0.29) is 24.5 Å². The highest BCUT2D eigenvalue weighted by atomic mass is 19.2. The zero-order valence-electron chi connectivity index (χ0n) is 16.1. The molecule has 0 spiro atoms. The molecular weight excluding hydrogens is 377 g/mol. The van der Waals surface area contributed by atoms with Gasteiger partial charge in [-0.2, -0.15) is 0 Å². The first-order valence-corrected chi connectivity index (χ1v) is 8.85. The average molecular weight is 399 g/mol. The fraction of sp³-hybridized carbons (Fsp3) is 0.381. The molecule has 2 nitrogen and oxygen atoms in total. The minimum absolute atomic E-state index is 0.0669. The highest BCUT2D eigenvalue weighted by Gasteiger charge is 2.47. The van der Waals surface area contributed by atoms with Gasteiger partial charge in [0, 0.05) is 24.1 Å². The molecule has 152 valence electrons.